The fraction of sp³-hybridized carbons (Fsp3) is 0.533. The maximum absolute atomic E-state index is 14.4. The van der Waals surface area contributed by atoms with Crippen molar-refractivity contribution in [3.8, 4) is 5.75 Å². The molecule has 0 aliphatic carbocycles. The smallest absolute Gasteiger partial charge is 0.252 e. The molecule has 2 aromatic rings. The zero-order valence-corrected chi connectivity index (χ0v) is 23.3. The first-order chi connectivity index (χ1) is 18.8. The highest BCUT2D eigenvalue weighted by Crippen LogP contribution is 2.26. The van der Waals surface area contributed by atoms with Crippen molar-refractivity contribution < 1.29 is 27.8 Å². The van der Waals surface area contributed by atoms with Crippen molar-refractivity contribution >= 4 is 17.5 Å². The number of para-hydroxylation sites is 1. The third-order valence-electron chi connectivity index (χ3n) is 6.63. The zero-order valence-electron chi connectivity index (χ0n) is 23.3. The summed E-state index contributed by atoms with van der Waals surface area (Å²) >= 11 is 0. The highest BCUT2D eigenvalue weighted by atomic mass is 19.1. The molecule has 0 radical (unpaired) electrons. The number of anilines is 1. The van der Waals surface area contributed by atoms with Crippen molar-refractivity contribution in [2.45, 2.75) is 46.1 Å². The lowest BCUT2D eigenvalue weighted by atomic mass is 10.1. The van der Waals surface area contributed by atoms with Crippen molar-refractivity contribution in [2.75, 3.05) is 57.9 Å². The van der Waals surface area contributed by atoms with Gasteiger partial charge in [0.15, 0.2) is 11.6 Å². The van der Waals surface area contributed by atoms with E-state index in [1.165, 1.54) is 25.3 Å². The Hall–Kier alpha value is -3.04. The lowest BCUT2D eigenvalue weighted by Crippen LogP contribution is -2.40. The van der Waals surface area contributed by atoms with Crippen molar-refractivity contribution in [3.05, 3.63) is 59.7 Å². The van der Waals surface area contributed by atoms with E-state index in [9.17, 15) is 18.4 Å². The minimum Gasteiger partial charge on any atom is -0.491 e. The van der Waals surface area contributed by atoms with Crippen LogP contribution < -0.4 is 9.64 Å². The molecule has 7 nitrogen and oxygen atoms in total. The van der Waals surface area contributed by atoms with Crippen LogP contribution in [0.25, 0.3) is 0 Å². The first-order valence-electron chi connectivity index (χ1n) is 13.7. The van der Waals surface area contributed by atoms with E-state index in [1.807, 2.05) is 0 Å². The maximum Gasteiger partial charge on any atom is 0.252 e. The van der Waals surface area contributed by atoms with E-state index in [0.29, 0.717) is 36.7 Å². The summed E-state index contributed by atoms with van der Waals surface area (Å²) in [5.41, 5.74) is 1.17. The number of halogens is 2. The van der Waals surface area contributed by atoms with E-state index < -0.39 is 11.6 Å². The molecular formula is C30H41F2N3O4. The van der Waals surface area contributed by atoms with Gasteiger partial charge in [-0.25, -0.2) is 8.78 Å². The van der Waals surface area contributed by atoms with Gasteiger partial charge >= 0.3 is 0 Å². The number of benzene rings is 2. The summed E-state index contributed by atoms with van der Waals surface area (Å²) in [6.07, 6.45) is 2.17. The first kappa shape index (κ1) is 30.5. The fourth-order valence-electron chi connectivity index (χ4n) is 4.90. The summed E-state index contributed by atoms with van der Waals surface area (Å²) in [4.78, 5) is 32.1. The van der Waals surface area contributed by atoms with Crippen LogP contribution in [0, 0.1) is 17.6 Å². The largest absolute Gasteiger partial charge is 0.491 e. The molecule has 1 aliphatic heterocycles. The summed E-state index contributed by atoms with van der Waals surface area (Å²) in [7, 11) is 1.47. The van der Waals surface area contributed by atoms with Crippen molar-refractivity contribution in [3.63, 3.8) is 0 Å². The molecule has 3 rings (SSSR count). The second-order valence-electron chi connectivity index (χ2n) is 10.4. The number of nitrogens with zero attached hydrogens (tertiary/aromatic N) is 3. The predicted octanol–water partition coefficient (Wildman–Crippen LogP) is 4.88. The molecule has 2 amide bonds. The summed E-state index contributed by atoms with van der Waals surface area (Å²) in [6, 6.07) is 10.5. The van der Waals surface area contributed by atoms with Gasteiger partial charge in [0.05, 0.1) is 6.61 Å². The lowest BCUT2D eigenvalue weighted by Gasteiger charge is -2.32. The number of amides is 2. The van der Waals surface area contributed by atoms with Gasteiger partial charge in [-0.3, -0.25) is 9.59 Å². The van der Waals surface area contributed by atoms with E-state index in [-0.39, 0.29) is 43.7 Å². The van der Waals surface area contributed by atoms with Gasteiger partial charge < -0.3 is 24.2 Å². The molecule has 39 heavy (non-hydrogen) atoms. The molecule has 214 valence electrons. The molecule has 0 atom stereocenters. The Kier molecular flexibility index (Phi) is 12.1. The van der Waals surface area contributed by atoms with Gasteiger partial charge in [-0.2, -0.15) is 0 Å². The Labute approximate surface area is 230 Å². The Bertz CT molecular complexity index is 1080. The van der Waals surface area contributed by atoms with Crippen LogP contribution in [0.15, 0.2) is 42.5 Å². The maximum atomic E-state index is 14.4. The second kappa shape index (κ2) is 15.5. The Morgan fingerprint density at radius 2 is 1.72 bits per heavy atom. The molecule has 9 heteroatoms. The highest BCUT2D eigenvalue weighted by Gasteiger charge is 2.23. The van der Waals surface area contributed by atoms with Crippen LogP contribution in [0.1, 0.15) is 45.1 Å². The molecule has 0 bridgehead atoms. The lowest BCUT2D eigenvalue weighted by molar-refractivity contribution is -0.132. The van der Waals surface area contributed by atoms with Gasteiger partial charge in [-0.1, -0.05) is 26.0 Å². The van der Waals surface area contributed by atoms with Crippen molar-refractivity contribution in [1.29, 1.82) is 0 Å². The van der Waals surface area contributed by atoms with Gasteiger partial charge in [0, 0.05) is 45.4 Å². The molecule has 0 N–H and O–H groups in total. The van der Waals surface area contributed by atoms with Crippen LogP contribution in [-0.4, -0.2) is 74.7 Å². The van der Waals surface area contributed by atoms with Gasteiger partial charge in [0.1, 0.15) is 12.4 Å². The van der Waals surface area contributed by atoms with Crippen molar-refractivity contribution in [2.24, 2.45) is 5.92 Å². The van der Waals surface area contributed by atoms with Gasteiger partial charge in [0.25, 0.3) is 5.91 Å². The molecule has 0 unspecified atom stereocenters. The van der Waals surface area contributed by atoms with Crippen LogP contribution >= 0.6 is 0 Å². The molecule has 0 fully saturated rings. The molecule has 0 spiro atoms. The van der Waals surface area contributed by atoms with Crippen molar-refractivity contribution in [1.82, 2.24) is 9.80 Å². The minimum absolute atomic E-state index is 0.0861. The third kappa shape index (κ3) is 9.58. The summed E-state index contributed by atoms with van der Waals surface area (Å²) in [5, 5.41) is 0. The Morgan fingerprint density at radius 1 is 0.974 bits per heavy atom. The monoisotopic (exact) mass is 545 g/mol. The highest BCUT2D eigenvalue weighted by molar-refractivity contribution is 5.95. The quantitative estimate of drug-likeness (QED) is 0.420. The van der Waals surface area contributed by atoms with E-state index in [1.54, 1.807) is 34.1 Å². The average Bonchev–Trinajstić information content (AvgIpc) is 2.88. The summed E-state index contributed by atoms with van der Waals surface area (Å²) < 4.78 is 38.9. The van der Waals surface area contributed by atoms with E-state index in [0.717, 1.165) is 32.5 Å². The Balaban J connectivity index is 1.79. The molecule has 1 heterocycles. The van der Waals surface area contributed by atoms with E-state index in [4.69, 9.17) is 9.47 Å². The number of rotatable bonds is 9. The fourth-order valence-corrected chi connectivity index (χ4v) is 4.90. The normalized spacial score (nSPS) is 15.4. The molecule has 0 aromatic heterocycles. The van der Waals surface area contributed by atoms with Gasteiger partial charge in [-0.05, 0) is 74.2 Å². The van der Waals surface area contributed by atoms with Crippen LogP contribution in [0.5, 0.6) is 5.75 Å². The second-order valence-corrected chi connectivity index (χ2v) is 10.4. The van der Waals surface area contributed by atoms with Crippen LogP contribution in [0.2, 0.25) is 0 Å². The number of carbonyl (C=O) groups is 2. The Morgan fingerprint density at radius 3 is 2.44 bits per heavy atom. The van der Waals surface area contributed by atoms with Gasteiger partial charge in [-0.15, -0.1) is 0 Å². The number of fused-ring (bicyclic) bond motifs is 1. The molecule has 2 aromatic carbocycles. The third-order valence-corrected chi connectivity index (χ3v) is 6.63. The number of carbonyl (C=O) groups excluding carboxylic acids is 2. The number of hydrogen-bond donors (Lipinski definition) is 0. The molecule has 1 aliphatic rings. The minimum atomic E-state index is -0.441. The van der Waals surface area contributed by atoms with E-state index >= 15 is 0 Å². The first-order valence-corrected chi connectivity index (χ1v) is 13.7. The molecular weight excluding hydrogens is 504 g/mol. The average molecular weight is 546 g/mol. The number of hydrogen-bond acceptors (Lipinski definition) is 5. The number of ether oxygens (including phenoxy) is 2. The van der Waals surface area contributed by atoms with Crippen LogP contribution in [-0.2, 0) is 20.9 Å². The van der Waals surface area contributed by atoms with Crippen LogP contribution in [0.4, 0.5) is 14.5 Å². The van der Waals surface area contributed by atoms with Gasteiger partial charge in [0.2, 0.25) is 5.91 Å². The summed E-state index contributed by atoms with van der Waals surface area (Å²) in [5.74, 6) is -0.518. The molecule has 0 saturated carbocycles. The topological polar surface area (TPSA) is 62.3 Å². The van der Waals surface area contributed by atoms with Crippen LogP contribution in [0.3, 0.4) is 0 Å². The number of methoxy groups -OCH3 is 1. The molecule has 0 saturated heterocycles. The SMILES string of the molecule is COCC(=O)N1CCCN(CC(C)C)CCCN(C(=O)CCCOc2ccccc2F)Cc2cc(F)ccc21. The predicted molar refractivity (Wildman–Crippen MR) is 148 cm³/mol. The zero-order chi connectivity index (χ0) is 28.2. The standard InChI is InChI=1S/C30H41F2N3O4/c1-23(2)20-33-14-7-16-34(29(36)11-6-18-39-28-10-5-4-9-26(28)32)21-24-19-25(31)12-13-27(24)35(17-8-15-33)30(37)22-38-3/h4-5,9-10,12-13,19,23H,6-8,11,14-18,20-22H2,1-3H3. The van der Waals surface area contributed by atoms with E-state index in [2.05, 4.69) is 18.7 Å². The summed E-state index contributed by atoms with van der Waals surface area (Å²) in [6.45, 7) is 8.18.